The Bertz CT molecular complexity index is 820. The van der Waals surface area contributed by atoms with Gasteiger partial charge < -0.3 is 0 Å². The third kappa shape index (κ3) is 3.92. The summed E-state index contributed by atoms with van der Waals surface area (Å²) >= 11 is 0. The van der Waals surface area contributed by atoms with E-state index in [4.69, 9.17) is 0 Å². The number of urea groups is 1. The first-order valence-electron chi connectivity index (χ1n) is 9.31. The molecule has 2 aromatic rings. The number of carbonyl (C=O) groups excluding carboxylic acids is 3. The largest absolute Gasteiger partial charge is 0.338 e. The van der Waals surface area contributed by atoms with E-state index in [0.717, 1.165) is 21.8 Å². The van der Waals surface area contributed by atoms with Crippen molar-refractivity contribution in [2.24, 2.45) is 5.92 Å². The smallest absolute Gasteiger partial charge is 0.274 e. The highest BCUT2D eigenvalue weighted by Crippen LogP contribution is 2.28. The van der Waals surface area contributed by atoms with Crippen molar-refractivity contribution >= 4 is 23.5 Å². The van der Waals surface area contributed by atoms with Gasteiger partial charge in [0.25, 0.3) is 5.91 Å². The maximum atomic E-state index is 13.1. The van der Waals surface area contributed by atoms with E-state index < -0.39 is 12.1 Å². The molecule has 0 aliphatic carbocycles. The summed E-state index contributed by atoms with van der Waals surface area (Å²) in [5.74, 6) is -0.488. The lowest BCUT2D eigenvalue weighted by molar-refractivity contribution is -0.133. The Balaban J connectivity index is 1.94. The Morgan fingerprint density at radius 3 is 2.19 bits per heavy atom. The van der Waals surface area contributed by atoms with E-state index in [1.807, 2.05) is 50.2 Å². The molecular weight excluding hydrogens is 340 g/mol. The highest BCUT2D eigenvalue weighted by atomic mass is 16.2. The fraction of sp³-hybridized carbons (Fsp3) is 0.318. The topological polar surface area (TPSA) is 57.7 Å². The van der Waals surface area contributed by atoms with Crippen LogP contribution < -0.4 is 4.90 Å². The van der Waals surface area contributed by atoms with E-state index in [1.165, 1.54) is 0 Å². The van der Waals surface area contributed by atoms with Gasteiger partial charge in [0.2, 0.25) is 5.91 Å². The van der Waals surface area contributed by atoms with E-state index in [0.29, 0.717) is 12.1 Å². The number of rotatable bonds is 6. The fourth-order valence-corrected chi connectivity index (χ4v) is 3.25. The Kier molecular flexibility index (Phi) is 5.69. The van der Waals surface area contributed by atoms with Crippen molar-refractivity contribution in [3.05, 3.63) is 66.2 Å². The van der Waals surface area contributed by atoms with Gasteiger partial charge in [-0.25, -0.2) is 9.69 Å². The molecule has 2 aromatic carbocycles. The average molecular weight is 364 g/mol. The van der Waals surface area contributed by atoms with Crippen molar-refractivity contribution in [1.82, 2.24) is 4.90 Å². The molecule has 0 bridgehead atoms. The second-order valence-electron chi connectivity index (χ2n) is 6.98. The highest BCUT2D eigenvalue weighted by Gasteiger charge is 2.48. The van der Waals surface area contributed by atoms with E-state index in [9.17, 15) is 14.4 Å². The van der Waals surface area contributed by atoms with Gasteiger partial charge in [-0.05, 0) is 23.6 Å². The standard InChI is InChI=1S/C22H24N2O3/c1-3-16(2)14-20(25)24-19(15-17-10-6-4-7-11-17)21(26)23(22(24)27)18-12-8-5-9-13-18/h4-13,16,19H,3,14-15H2,1-2H3. The summed E-state index contributed by atoms with van der Waals surface area (Å²) in [5, 5.41) is 0. The molecule has 140 valence electrons. The van der Waals surface area contributed by atoms with Crippen LogP contribution in [0.5, 0.6) is 0 Å². The van der Waals surface area contributed by atoms with Crippen molar-refractivity contribution in [2.45, 2.75) is 39.2 Å². The first-order chi connectivity index (χ1) is 13.0. The molecule has 0 aromatic heterocycles. The zero-order valence-corrected chi connectivity index (χ0v) is 15.7. The molecule has 3 rings (SSSR count). The molecule has 2 unspecified atom stereocenters. The van der Waals surface area contributed by atoms with Crippen LogP contribution >= 0.6 is 0 Å². The van der Waals surface area contributed by atoms with Crippen LogP contribution in [0, 0.1) is 5.92 Å². The Morgan fingerprint density at radius 2 is 1.59 bits per heavy atom. The maximum absolute atomic E-state index is 13.1. The van der Waals surface area contributed by atoms with E-state index in [2.05, 4.69) is 0 Å². The molecule has 1 heterocycles. The normalized spacial score (nSPS) is 18.1. The van der Waals surface area contributed by atoms with Crippen LogP contribution in [0.25, 0.3) is 0 Å². The van der Waals surface area contributed by atoms with E-state index >= 15 is 0 Å². The second kappa shape index (κ2) is 8.16. The molecule has 27 heavy (non-hydrogen) atoms. The lowest BCUT2D eigenvalue weighted by Crippen LogP contribution is -2.42. The maximum Gasteiger partial charge on any atom is 0.338 e. The SMILES string of the molecule is CCC(C)CC(=O)N1C(=O)N(c2ccccc2)C(=O)C1Cc1ccccc1. The number of amides is 4. The first-order valence-corrected chi connectivity index (χ1v) is 9.31. The minimum absolute atomic E-state index is 0.156. The molecule has 2 atom stereocenters. The fourth-order valence-electron chi connectivity index (χ4n) is 3.25. The van der Waals surface area contributed by atoms with Crippen LogP contribution in [0.15, 0.2) is 60.7 Å². The van der Waals surface area contributed by atoms with Crippen molar-refractivity contribution in [2.75, 3.05) is 4.90 Å². The summed E-state index contributed by atoms with van der Waals surface area (Å²) in [6, 6.07) is 16.9. The minimum Gasteiger partial charge on any atom is -0.274 e. The van der Waals surface area contributed by atoms with Gasteiger partial charge in [0.15, 0.2) is 0 Å². The number of carbonyl (C=O) groups is 3. The predicted octanol–water partition coefficient (Wildman–Crippen LogP) is 4.03. The summed E-state index contributed by atoms with van der Waals surface area (Å²) in [5.41, 5.74) is 1.41. The second-order valence-corrected chi connectivity index (χ2v) is 6.98. The van der Waals surface area contributed by atoms with Crippen LogP contribution in [0.3, 0.4) is 0 Å². The Morgan fingerprint density at radius 1 is 1.00 bits per heavy atom. The lowest BCUT2D eigenvalue weighted by atomic mass is 10.0. The number of imide groups is 2. The summed E-state index contributed by atoms with van der Waals surface area (Å²) in [6.07, 6.45) is 1.41. The van der Waals surface area contributed by atoms with Crippen molar-refractivity contribution in [1.29, 1.82) is 0 Å². The summed E-state index contributed by atoms with van der Waals surface area (Å²) in [4.78, 5) is 41.3. The number of para-hydroxylation sites is 1. The van der Waals surface area contributed by atoms with Crippen molar-refractivity contribution < 1.29 is 14.4 Å². The van der Waals surface area contributed by atoms with Crippen LogP contribution in [0.4, 0.5) is 10.5 Å². The quantitative estimate of drug-likeness (QED) is 0.727. The van der Waals surface area contributed by atoms with Gasteiger partial charge >= 0.3 is 6.03 Å². The first kappa shape index (κ1) is 18.8. The molecule has 0 spiro atoms. The molecule has 0 N–H and O–H groups in total. The molecule has 1 aliphatic heterocycles. The zero-order chi connectivity index (χ0) is 19.4. The average Bonchev–Trinajstić information content (AvgIpc) is 2.93. The summed E-state index contributed by atoms with van der Waals surface area (Å²) < 4.78 is 0. The number of nitrogens with zero attached hydrogens (tertiary/aromatic N) is 2. The molecule has 0 saturated carbocycles. The van der Waals surface area contributed by atoms with Crippen molar-refractivity contribution in [3.63, 3.8) is 0 Å². The van der Waals surface area contributed by atoms with Gasteiger partial charge in [-0.3, -0.25) is 14.5 Å². The molecule has 1 saturated heterocycles. The van der Waals surface area contributed by atoms with E-state index in [1.54, 1.807) is 24.3 Å². The molecule has 5 nitrogen and oxygen atoms in total. The molecule has 1 aliphatic rings. The van der Waals surface area contributed by atoms with Crippen molar-refractivity contribution in [3.8, 4) is 0 Å². The van der Waals surface area contributed by atoms with Gasteiger partial charge in [-0.15, -0.1) is 0 Å². The summed E-state index contributed by atoms with van der Waals surface area (Å²) in [7, 11) is 0. The molecular formula is C22H24N2O3. The Labute approximate surface area is 159 Å². The highest BCUT2D eigenvalue weighted by molar-refractivity contribution is 6.25. The van der Waals surface area contributed by atoms with Crippen LogP contribution in [0.1, 0.15) is 32.3 Å². The predicted molar refractivity (Wildman–Crippen MR) is 104 cm³/mol. The number of anilines is 1. The molecule has 4 amide bonds. The van der Waals surface area contributed by atoms with Crippen LogP contribution in [-0.4, -0.2) is 28.8 Å². The Hall–Kier alpha value is -2.95. The van der Waals surface area contributed by atoms with Crippen LogP contribution in [-0.2, 0) is 16.0 Å². The zero-order valence-electron chi connectivity index (χ0n) is 15.7. The van der Waals surface area contributed by atoms with Crippen LogP contribution in [0.2, 0.25) is 0 Å². The third-order valence-corrected chi connectivity index (χ3v) is 4.99. The van der Waals surface area contributed by atoms with Gasteiger partial charge in [-0.1, -0.05) is 68.8 Å². The van der Waals surface area contributed by atoms with Gasteiger partial charge in [0, 0.05) is 12.8 Å². The number of hydrogen-bond acceptors (Lipinski definition) is 3. The summed E-state index contributed by atoms with van der Waals surface area (Å²) in [6.45, 7) is 3.98. The third-order valence-electron chi connectivity index (χ3n) is 4.99. The monoisotopic (exact) mass is 364 g/mol. The van der Waals surface area contributed by atoms with Gasteiger partial charge in [0.1, 0.15) is 6.04 Å². The van der Waals surface area contributed by atoms with Gasteiger partial charge in [0.05, 0.1) is 5.69 Å². The van der Waals surface area contributed by atoms with E-state index in [-0.39, 0.29) is 24.2 Å². The molecule has 1 fully saturated rings. The van der Waals surface area contributed by atoms with Gasteiger partial charge in [-0.2, -0.15) is 0 Å². The number of benzene rings is 2. The number of hydrogen-bond donors (Lipinski definition) is 0. The minimum atomic E-state index is -0.809. The molecule has 5 heteroatoms. The lowest BCUT2D eigenvalue weighted by Gasteiger charge is -2.21. The molecule has 0 radical (unpaired) electrons.